The first kappa shape index (κ1) is 13.8. The maximum absolute atomic E-state index is 13.3. The van der Waals surface area contributed by atoms with E-state index in [4.69, 9.17) is 4.55 Å². The van der Waals surface area contributed by atoms with Crippen molar-refractivity contribution in [3.63, 3.8) is 0 Å². The van der Waals surface area contributed by atoms with Gasteiger partial charge in [-0.1, -0.05) is 0 Å². The molecule has 0 aliphatic rings. The minimum Gasteiger partial charge on any atom is -0.377 e. The van der Waals surface area contributed by atoms with Gasteiger partial charge in [0.2, 0.25) is 0 Å². The Bertz CT molecular complexity index is 446. The zero-order valence-corrected chi connectivity index (χ0v) is 8.74. The molecule has 0 heterocycles. The Morgan fingerprint density at radius 2 is 1.88 bits per heavy atom. The van der Waals surface area contributed by atoms with Crippen molar-refractivity contribution in [1.29, 1.82) is 0 Å². The van der Waals surface area contributed by atoms with Gasteiger partial charge in [-0.15, -0.1) is 0 Å². The zero-order chi connectivity index (χ0) is 13.2. The van der Waals surface area contributed by atoms with Crippen LogP contribution >= 0.6 is 0 Å². The second-order valence-corrected chi connectivity index (χ2v) is 3.53. The number of benzene rings is 1. The van der Waals surface area contributed by atoms with Crippen LogP contribution in [0.1, 0.15) is 5.56 Å². The predicted molar refractivity (Wildman–Crippen MR) is 47.5 cm³/mol. The molecule has 0 aromatic heterocycles. The molecular formula is C8H5F5O3S. The molecule has 0 spiro atoms. The summed E-state index contributed by atoms with van der Waals surface area (Å²) in [6.07, 6.45) is -6.64. The van der Waals surface area contributed by atoms with Gasteiger partial charge in [-0.25, -0.2) is 8.78 Å². The number of halogens is 5. The average molecular weight is 276 g/mol. The van der Waals surface area contributed by atoms with Crippen LogP contribution in [0.3, 0.4) is 0 Å². The number of alkyl halides is 3. The molecule has 1 atom stereocenters. The van der Waals surface area contributed by atoms with Crippen LogP contribution in [0.15, 0.2) is 12.1 Å². The van der Waals surface area contributed by atoms with Gasteiger partial charge in [-0.2, -0.15) is 17.4 Å². The van der Waals surface area contributed by atoms with E-state index in [1.807, 2.05) is 0 Å². The highest BCUT2D eigenvalue weighted by atomic mass is 32.2. The highest BCUT2D eigenvalue weighted by Crippen LogP contribution is 2.29. The Hall–Kier alpha value is -1.22. The molecule has 9 heteroatoms. The number of hydrogen-bond donors (Lipinski definition) is 1. The molecule has 0 saturated heterocycles. The fourth-order valence-corrected chi connectivity index (χ4v) is 1.36. The first-order valence-corrected chi connectivity index (χ1v) is 5.06. The van der Waals surface area contributed by atoms with Crippen LogP contribution in [-0.4, -0.2) is 14.9 Å². The molecule has 96 valence electrons. The van der Waals surface area contributed by atoms with Gasteiger partial charge in [0.25, 0.3) is 0 Å². The smallest absolute Gasteiger partial charge is 0.377 e. The van der Waals surface area contributed by atoms with Crippen molar-refractivity contribution in [2.24, 2.45) is 0 Å². The molecule has 0 radical (unpaired) electrons. The third kappa shape index (κ3) is 3.93. The third-order valence-corrected chi connectivity index (χ3v) is 2.01. The second kappa shape index (κ2) is 4.96. The fraction of sp³-hybridized carbons (Fsp3) is 0.250. The summed E-state index contributed by atoms with van der Waals surface area (Å²) >= 11 is -2.91. The van der Waals surface area contributed by atoms with Crippen molar-refractivity contribution in [2.75, 3.05) is 0 Å². The van der Waals surface area contributed by atoms with Crippen molar-refractivity contribution < 1.29 is 34.9 Å². The van der Waals surface area contributed by atoms with Gasteiger partial charge >= 0.3 is 17.5 Å². The molecule has 3 nitrogen and oxygen atoms in total. The van der Waals surface area contributed by atoms with Crippen LogP contribution in [0, 0.1) is 11.6 Å². The number of rotatable bonds is 3. The van der Waals surface area contributed by atoms with Gasteiger partial charge < -0.3 is 4.18 Å². The van der Waals surface area contributed by atoms with E-state index in [9.17, 15) is 26.2 Å². The molecule has 1 aromatic rings. The lowest BCUT2D eigenvalue weighted by Crippen LogP contribution is -2.15. The molecule has 0 saturated carbocycles. The molecule has 0 aliphatic carbocycles. The van der Waals surface area contributed by atoms with Gasteiger partial charge in [0.05, 0.1) is 6.42 Å². The van der Waals surface area contributed by atoms with Crippen molar-refractivity contribution in [3.8, 4) is 5.75 Å². The summed E-state index contributed by atoms with van der Waals surface area (Å²) in [5.41, 5.74) is -1.26. The largest absolute Gasteiger partial charge is 0.393 e. The maximum atomic E-state index is 13.3. The van der Waals surface area contributed by atoms with Crippen LogP contribution < -0.4 is 4.18 Å². The summed E-state index contributed by atoms with van der Waals surface area (Å²) in [6.45, 7) is 0. The van der Waals surface area contributed by atoms with Gasteiger partial charge in [-0.05, 0) is 12.1 Å². The lowest BCUT2D eigenvalue weighted by Gasteiger charge is -2.10. The summed E-state index contributed by atoms with van der Waals surface area (Å²) < 4.78 is 84.8. The van der Waals surface area contributed by atoms with Gasteiger partial charge in [0.15, 0.2) is 11.6 Å². The fourth-order valence-electron chi connectivity index (χ4n) is 1.08. The molecule has 1 N–H and O–H groups in total. The van der Waals surface area contributed by atoms with Crippen LogP contribution in [-0.2, 0) is 17.8 Å². The van der Waals surface area contributed by atoms with Crippen LogP contribution in [0.4, 0.5) is 22.0 Å². The molecule has 1 aromatic carbocycles. The molecule has 17 heavy (non-hydrogen) atoms. The molecule has 0 bridgehead atoms. The highest BCUT2D eigenvalue weighted by molar-refractivity contribution is 7.74. The molecule has 0 aliphatic heterocycles. The summed E-state index contributed by atoms with van der Waals surface area (Å²) in [7, 11) is 0. The lowest BCUT2D eigenvalue weighted by atomic mass is 10.1. The van der Waals surface area contributed by atoms with Crippen molar-refractivity contribution in [3.05, 3.63) is 29.3 Å². The molecule has 1 rings (SSSR count). The quantitative estimate of drug-likeness (QED) is 0.681. The van der Waals surface area contributed by atoms with E-state index < -0.39 is 46.9 Å². The van der Waals surface area contributed by atoms with Crippen LogP contribution in [0.2, 0.25) is 0 Å². The Kier molecular flexibility index (Phi) is 4.04. The van der Waals surface area contributed by atoms with E-state index in [1.54, 1.807) is 0 Å². The van der Waals surface area contributed by atoms with Crippen molar-refractivity contribution in [2.45, 2.75) is 12.6 Å². The molecule has 1 unspecified atom stereocenters. The van der Waals surface area contributed by atoms with E-state index in [-0.39, 0.29) is 0 Å². The lowest BCUT2D eigenvalue weighted by molar-refractivity contribution is -0.128. The summed E-state index contributed by atoms with van der Waals surface area (Å²) in [4.78, 5) is 0. The summed E-state index contributed by atoms with van der Waals surface area (Å²) in [5.74, 6) is -3.98. The molecule has 0 amide bonds. The standard InChI is InChI=1S/C8H5F5O3S/c9-5-1-2-6(16-17(14)15)7(10)4(5)3-8(11,12)13/h1-2H,3H2,(H,14,15). The van der Waals surface area contributed by atoms with E-state index in [1.165, 1.54) is 0 Å². The minimum atomic E-state index is -4.81. The van der Waals surface area contributed by atoms with Gasteiger partial charge in [-0.3, -0.25) is 4.55 Å². The molecular weight excluding hydrogens is 271 g/mol. The first-order chi connectivity index (χ1) is 7.70. The van der Waals surface area contributed by atoms with E-state index in [0.29, 0.717) is 12.1 Å². The van der Waals surface area contributed by atoms with Gasteiger partial charge in [0, 0.05) is 5.56 Å². The maximum Gasteiger partial charge on any atom is 0.393 e. The highest BCUT2D eigenvalue weighted by Gasteiger charge is 2.32. The van der Waals surface area contributed by atoms with Crippen LogP contribution in [0.5, 0.6) is 5.75 Å². The monoisotopic (exact) mass is 276 g/mol. The Labute approximate surface area is 94.7 Å². The Morgan fingerprint density at radius 1 is 1.29 bits per heavy atom. The zero-order valence-electron chi connectivity index (χ0n) is 7.92. The summed E-state index contributed by atoms with van der Waals surface area (Å²) in [6, 6.07) is 1.14. The first-order valence-electron chi connectivity index (χ1n) is 4.03. The van der Waals surface area contributed by atoms with E-state index in [2.05, 4.69) is 4.18 Å². The van der Waals surface area contributed by atoms with Crippen LogP contribution in [0.25, 0.3) is 0 Å². The number of hydrogen-bond acceptors (Lipinski definition) is 2. The van der Waals surface area contributed by atoms with E-state index >= 15 is 0 Å². The normalized spacial score (nSPS) is 13.5. The minimum absolute atomic E-state index is 0.520. The average Bonchev–Trinajstić information content (AvgIpc) is 2.15. The second-order valence-electron chi connectivity index (χ2n) is 2.93. The van der Waals surface area contributed by atoms with Crippen molar-refractivity contribution in [1.82, 2.24) is 0 Å². The summed E-state index contributed by atoms with van der Waals surface area (Å²) in [5, 5.41) is 0. The predicted octanol–water partition coefficient (Wildman–Crippen LogP) is 2.59. The molecule has 0 fully saturated rings. The Balaban J connectivity index is 3.15. The third-order valence-electron chi connectivity index (χ3n) is 1.69. The SMILES string of the molecule is O=S(O)Oc1ccc(F)c(CC(F)(F)F)c1F. The topological polar surface area (TPSA) is 46.5 Å². The van der Waals surface area contributed by atoms with E-state index in [0.717, 1.165) is 0 Å². The van der Waals surface area contributed by atoms with Crippen molar-refractivity contribution >= 4 is 11.4 Å². The van der Waals surface area contributed by atoms with Gasteiger partial charge in [0.1, 0.15) is 5.82 Å². The Morgan fingerprint density at radius 3 is 2.35 bits per heavy atom.